The Bertz CT molecular complexity index is 539. The van der Waals surface area contributed by atoms with Crippen molar-refractivity contribution in [2.75, 3.05) is 7.05 Å². The second kappa shape index (κ2) is 5.49. The molecule has 0 saturated carbocycles. The minimum Gasteiger partial charge on any atom is -0.316 e. The highest BCUT2D eigenvalue weighted by Gasteiger charge is 2.29. The molecule has 3 nitrogen and oxygen atoms in total. The zero-order valence-electron chi connectivity index (χ0n) is 11.2. The van der Waals surface area contributed by atoms with Gasteiger partial charge in [0.1, 0.15) is 0 Å². The molecule has 0 saturated heterocycles. The Morgan fingerprint density at radius 3 is 2.89 bits per heavy atom. The van der Waals surface area contributed by atoms with Crippen molar-refractivity contribution < 1.29 is 0 Å². The van der Waals surface area contributed by atoms with Gasteiger partial charge in [-0.05, 0) is 55.6 Å². The van der Waals surface area contributed by atoms with Crippen LogP contribution in [0, 0.1) is 0 Å². The largest absolute Gasteiger partial charge is 0.316 e. The van der Waals surface area contributed by atoms with Gasteiger partial charge in [0.25, 0.3) is 0 Å². The number of nitrogens with zero attached hydrogens (tertiary/aromatic N) is 2. The van der Waals surface area contributed by atoms with Crippen molar-refractivity contribution in [3.8, 4) is 0 Å². The van der Waals surface area contributed by atoms with Crippen LogP contribution in [0.25, 0.3) is 0 Å². The minimum atomic E-state index is 0.443. The topological polar surface area (TPSA) is 37.8 Å². The van der Waals surface area contributed by atoms with Crippen LogP contribution < -0.4 is 5.32 Å². The lowest BCUT2D eigenvalue weighted by molar-refractivity contribution is 0.450. The molecule has 2 aromatic rings. The van der Waals surface area contributed by atoms with E-state index in [1.807, 2.05) is 31.7 Å². The first-order valence-corrected chi connectivity index (χ1v) is 6.88. The zero-order valence-corrected chi connectivity index (χ0v) is 11.2. The van der Waals surface area contributed by atoms with Crippen LogP contribution in [-0.2, 0) is 12.8 Å². The number of aromatic nitrogens is 2. The van der Waals surface area contributed by atoms with Crippen LogP contribution in [-0.4, -0.2) is 23.1 Å². The number of pyridine rings is 2. The molecule has 0 aliphatic heterocycles. The van der Waals surface area contributed by atoms with Gasteiger partial charge in [0.05, 0.1) is 0 Å². The first kappa shape index (κ1) is 12.3. The molecular weight excluding hydrogens is 234 g/mol. The van der Waals surface area contributed by atoms with Gasteiger partial charge >= 0.3 is 0 Å². The third kappa shape index (κ3) is 2.51. The van der Waals surface area contributed by atoms with Crippen LogP contribution in [0.5, 0.6) is 0 Å². The molecule has 2 atom stereocenters. The molecule has 0 fully saturated rings. The lowest BCUT2D eigenvalue weighted by Gasteiger charge is -2.23. The highest BCUT2D eigenvalue weighted by molar-refractivity contribution is 5.30. The average molecular weight is 253 g/mol. The van der Waals surface area contributed by atoms with Crippen molar-refractivity contribution in [2.24, 2.45) is 0 Å². The van der Waals surface area contributed by atoms with E-state index in [0.29, 0.717) is 12.0 Å². The van der Waals surface area contributed by atoms with Crippen molar-refractivity contribution >= 4 is 0 Å². The van der Waals surface area contributed by atoms with Crippen molar-refractivity contribution in [3.63, 3.8) is 0 Å². The molecule has 0 aromatic carbocycles. The Labute approximate surface area is 114 Å². The van der Waals surface area contributed by atoms with Crippen LogP contribution >= 0.6 is 0 Å². The first-order chi connectivity index (χ1) is 9.38. The summed E-state index contributed by atoms with van der Waals surface area (Å²) < 4.78 is 0. The molecule has 19 heavy (non-hydrogen) atoms. The molecule has 2 heterocycles. The Morgan fingerprint density at radius 1 is 1.26 bits per heavy atom. The molecule has 0 bridgehead atoms. The van der Waals surface area contributed by atoms with Gasteiger partial charge in [-0.25, -0.2) is 0 Å². The van der Waals surface area contributed by atoms with Crippen LogP contribution in [0.3, 0.4) is 0 Å². The quantitative estimate of drug-likeness (QED) is 0.909. The maximum Gasteiger partial charge on any atom is 0.0482 e. The summed E-state index contributed by atoms with van der Waals surface area (Å²) in [7, 11) is 2.05. The molecule has 3 heteroatoms. The summed E-state index contributed by atoms with van der Waals surface area (Å²) in [5, 5.41) is 3.47. The number of fused-ring (bicyclic) bond motifs is 1. The van der Waals surface area contributed by atoms with Crippen LogP contribution in [0.1, 0.15) is 29.2 Å². The fraction of sp³-hybridized carbons (Fsp3) is 0.375. The number of hydrogen-bond donors (Lipinski definition) is 1. The maximum absolute atomic E-state index is 4.60. The average Bonchev–Trinajstić information content (AvgIpc) is 2.90. The highest BCUT2D eigenvalue weighted by Crippen LogP contribution is 2.34. The van der Waals surface area contributed by atoms with Gasteiger partial charge in [0.2, 0.25) is 0 Å². The van der Waals surface area contributed by atoms with E-state index in [1.165, 1.54) is 23.2 Å². The summed E-state index contributed by atoms with van der Waals surface area (Å²) in [6.45, 7) is 0. The normalized spacial score (nSPS) is 19.1. The van der Waals surface area contributed by atoms with Gasteiger partial charge in [-0.3, -0.25) is 9.97 Å². The Kier molecular flexibility index (Phi) is 3.56. The lowest BCUT2D eigenvalue weighted by atomic mass is 9.92. The summed E-state index contributed by atoms with van der Waals surface area (Å²) >= 11 is 0. The standard InChI is InChI=1S/C16H19N3/c1-17-15(11-12-6-9-18-10-7-12)14-5-4-13-3-2-8-19-16(13)14/h2-3,6-10,14-15,17H,4-5,11H2,1H3. The van der Waals surface area contributed by atoms with Crippen LogP contribution in [0.2, 0.25) is 0 Å². The van der Waals surface area contributed by atoms with Crippen molar-refractivity contribution in [1.82, 2.24) is 15.3 Å². The predicted octanol–water partition coefficient (Wildman–Crippen LogP) is 2.34. The van der Waals surface area contributed by atoms with Gasteiger partial charge in [0.15, 0.2) is 0 Å². The van der Waals surface area contributed by atoms with E-state index in [1.54, 1.807) is 0 Å². The Balaban J connectivity index is 1.81. The molecular formula is C16H19N3. The third-order valence-corrected chi connectivity index (χ3v) is 4.06. The van der Waals surface area contributed by atoms with Crippen molar-refractivity contribution in [3.05, 3.63) is 59.7 Å². The molecule has 2 aromatic heterocycles. The fourth-order valence-electron chi connectivity index (χ4n) is 3.05. The molecule has 1 N–H and O–H groups in total. The summed E-state index contributed by atoms with van der Waals surface area (Å²) in [5.41, 5.74) is 4.04. The van der Waals surface area contributed by atoms with Gasteiger partial charge in [-0.15, -0.1) is 0 Å². The number of aryl methyl sites for hydroxylation is 1. The summed E-state index contributed by atoms with van der Waals surface area (Å²) in [6, 6.07) is 8.88. The van der Waals surface area contributed by atoms with Crippen molar-refractivity contribution in [2.45, 2.75) is 31.2 Å². The lowest BCUT2D eigenvalue weighted by Crippen LogP contribution is -2.33. The number of rotatable bonds is 4. The van der Waals surface area contributed by atoms with Crippen LogP contribution in [0.15, 0.2) is 42.9 Å². The number of hydrogen-bond acceptors (Lipinski definition) is 3. The second-order valence-electron chi connectivity index (χ2n) is 5.15. The van der Waals surface area contributed by atoms with E-state index in [9.17, 15) is 0 Å². The van der Waals surface area contributed by atoms with Crippen molar-refractivity contribution in [1.29, 1.82) is 0 Å². The molecule has 98 valence electrons. The van der Waals surface area contributed by atoms with E-state index in [4.69, 9.17) is 0 Å². The highest BCUT2D eigenvalue weighted by atomic mass is 14.9. The second-order valence-corrected chi connectivity index (χ2v) is 5.15. The Hall–Kier alpha value is -1.74. The van der Waals surface area contributed by atoms with E-state index < -0.39 is 0 Å². The molecule has 1 aliphatic rings. The summed E-state index contributed by atoms with van der Waals surface area (Å²) in [5.74, 6) is 0.523. The number of nitrogens with one attached hydrogen (secondary N) is 1. The molecule has 0 amide bonds. The molecule has 2 unspecified atom stereocenters. The van der Waals surface area contributed by atoms with Gasteiger partial charge in [-0.2, -0.15) is 0 Å². The van der Waals surface area contributed by atoms with Crippen LogP contribution in [0.4, 0.5) is 0 Å². The zero-order chi connectivity index (χ0) is 13.1. The fourth-order valence-corrected chi connectivity index (χ4v) is 3.05. The molecule has 3 rings (SSSR count). The van der Waals surface area contributed by atoms with E-state index in [2.05, 4.69) is 33.5 Å². The third-order valence-electron chi connectivity index (χ3n) is 4.06. The monoisotopic (exact) mass is 253 g/mol. The molecule has 0 radical (unpaired) electrons. The first-order valence-electron chi connectivity index (χ1n) is 6.88. The van der Waals surface area contributed by atoms with E-state index in [0.717, 1.165) is 12.8 Å². The number of likely N-dealkylation sites (N-methyl/N-ethyl adjacent to an activating group) is 1. The van der Waals surface area contributed by atoms with Gasteiger partial charge < -0.3 is 5.32 Å². The maximum atomic E-state index is 4.60. The van der Waals surface area contributed by atoms with E-state index in [-0.39, 0.29) is 0 Å². The van der Waals surface area contributed by atoms with Gasteiger partial charge in [-0.1, -0.05) is 6.07 Å². The van der Waals surface area contributed by atoms with Gasteiger partial charge in [0, 0.05) is 36.2 Å². The van der Waals surface area contributed by atoms with E-state index >= 15 is 0 Å². The molecule has 1 aliphatic carbocycles. The summed E-state index contributed by atoms with van der Waals surface area (Å²) in [4.78, 5) is 8.68. The Morgan fingerprint density at radius 2 is 2.11 bits per heavy atom. The summed E-state index contributed by atoms with van der Waals surface area (Å²) in [6.07, 6.45) is 9.02. The molecule has 0 spiro atoms. The smallest absolute Gasteiger partial charge is 0.0482 e. The predicted molar refractivity (Wildman–Crippen MR) is 76.1 cm³/mol. The minimum absolute atomic E-state index is 0.443. The SMILES string of the molecule is CNC(Cc1ccncc1)C1CCc2cccnc21.